The number of amides is 2. The van der Waals surface area contributed by atoms with Crippen molar-refractivity contribution in [3.63, 3.8) is 0 Å². The van der Waals surface area contributed by atoms with E-state index >= 15 is 0 Å². The van der Waals surface area contributed by atoms with E-state index in [-0.39, 0.29) is 23.7 Å². The highest BCUT2D eigenvalue weighted by molar-refractivity contribution is 5.94. The Hall–Kier alpha value is -3.13. The maximum atomic E-state index is 12.7. The number of nitrogens with one attached hydrogen (secondary N) is 1. The van der Waals surface area contributed by atoms with E-state index in [1.165, 1.54) is 0 Å². The van der Waals surface area contributed by atoms with Crippen LogP contribution < -0.4 is 5.32 Å². The summed E-state index contributed by atoms with van der Waals surface area (Å²) in [5, 5.41) is 12.0. The molecule has 1 aliphatic carbocycles. The summed E-state index contributed by atoms with van der Waals surface area (Å²) in [6.45, 7) is 0.602. The molecule has 2 aromatic rings. The Morgan fingerprint density at radius 2 is 1.61 bits per heavy atom. The Bertz CT molecular complexity index is 865. The molecule has 0 heterocycles. The summed E-state index contributed by atoms with van der Waals surface area (Å²) in [6.07, 6.45) is 2.82. The summed E-state index contributed by atoms with van der Waals surface area (Å²) in [5.74, 6) is -0.0526. The van der Waals surface area contributed by atoms with Crippen LogP contribution in [0.25, 0.3) is 0 Å². The van der Waals surface area contributed by atoms with Crippen molar-refractivity contribution in [2.75, 3.05) is 12.4 Å². The number of anilines is 1. The molecule has 1 aliphatic rings. The SMILES string of the molecule is CN(Cc1ccccc1)C(=O)C1CCC(C(=O)Nc2ccccc2C#N)CC1. The fourth-order valence-electron chi connectivity index (χ4n) is 3.77. The molecular weight excluding hydrogens is 350 g/mol. The predicted octanol–water partition coefficient (Wildman–Crippen LogP) is 3.96. The van der Waals surface area contributed by atoms with E-state index in [2.05, 4.69) is 11.4 Å². The topological polar surface area (TPSA) is 73.2 Å². The molecular formula is C23H25N3O2. The van der Waals surface area contributed by atoms with Crippen molar-refractivity contribution in [3.05, 3.63) is 65.7 Å². The fourth-order valence-corrected chi connectivity index (χ4v) is 3.77. The standard InChI is InChI=1S/C23H25N3O2/c1-26(16-17-7-3-2-4-8-17)23(28)19-13-11-18(12-14-19)22(27)25-21-10-6-5-9-20(21)15-24/h2-10,18-19H,11-14,16H2,1H3,(H,25,27). The lowest BCUT2D eigenvalue weighted by Gasteiger charge is -2.30. The van der Waals surface area contributed by atoms with Gasteiger partial charge in [-0.15, -0.1) is 0 Å². The summed E-state index contributed by atoms with van der Waals surface area (Å²) < 4.78 is 0. The van der Waals surface area contributed by atoms with Gasteiger partial charge in [0.05, 0.1) is 11.3 Å². The Morgan fingerprint density at radius 3 is 2.29 bits per heavy atom. The van der Waals surface area contributed by atoms with Gasteiger partial charge in [-0.25, -0.2) is 0 Å². The van der Waals surface area contributed by atoms with E-state index in [1.54, 1.807) is 29.2 Å². The number of carbonyl (C=O) groups is 2. The number of rotatable bonds is 5. The van der Waals surface area contributed by atoms with Crippen molar-refractivity contribution in [1.29, 1.82) is 5.26 Å². The second-order valence-corrected chi connectivity index (χ2v) is 7.38. The number of hydrogen-bond donors (Lipinski definition) is 1. The van der Waals surface area contributed by atoms with E-state index in [0.29, 0.717) is 30.6 Å². The molecule has 1 N–H and O–H groups in total. The summed E-state index contributed by atoms with van der Waals surface area (Å²) in [5.41, 5.74) is 2.13. The van der Waals surface area contributed by atoms with Crippen LogP contribution in [0.1, 0.15) is 36.8 Å². The molecule has 0 aromatic heterocycles. The third kappa shape index (κ3) is 4.77. The van der Waals surface area contributed by atoms with Crippen LogP contribution in [0.4, 0.5) is 5.69 Å². The minimum Gasteiger partial charge on any atom is -0.341 e. The van der Waals surface area contributed by atoms with Gasteiger partial charge in [0.15, 0.2) is 0 Å². The van der Waals surface area contributed by atoms with Gasteiger partial charge in [0.25, 0.3) is 0 Å². The zero-order valence-corrected chi connectivity index (χ0v) is 16.1. The smallest absolute Gasteiger partial charge is 0.227 e. The zero-order valence-electron chi connectivity index (χ0n) is 16.1. The number of nitriles is 1. The highest BCUT2D eigenvalue weighted by Gasteiger charge is 2.31. The molecule has 2 amide bonds. The molecule has 0 saturated heterocycles. The third-order valence-corrected chi connectivity index (χ3v) is 5.39. The highest BCUT2D eigenvalue weighted by atomic mass is 16.2. The predicted molar refractivity (Wildman–Crippen MR) is 108 cm³/mol. The van der Waals surface area contributed by atoms with Crippen LogP contribution in [0.3, 0.4) is 0 Å². The summed E-state index contributed by atoms with van der Waals surface area (Å²) in [7, 11) is 1.84. The third-order valence-electron chi connectivity index (χ3n) is 5.39. The van der Waals surface area contributed by atoms with Gasteiger partial charge in [-0.1, -0.05) is 42.5 Å². The Labute approximate surface area is 166 Å². The maximum Gasteiger partial charge on any atom is 0.227 e. The quantitative estimate of drug-likeness (QED) is 0.860. The minimum atomic E-state index is -0.116. The molecule has 144 valence electrons. The molecule has 0 atom stereocenters. The number of para-hydroxylation sites is 1. The average molecular weight is 375 g/mol. The van der Waals surface area contributed by atoms with E-state index in [0.717, 1.165) is 18.4 Å². The lowest BCUT2D eigenvalue weighted by molar-refractivity contribution is -0.137. The van der Waals surface area contributed by atoms with Gasteiger partial charge in [0.1, 0.15) is 6.07 Å². The van der Waals surface area contributed by atoms with E-state index in [1.807, 2.05) is 37.4 Å². The largest absolute Gasteiger partial charge is 0.341 e. The van der Waals surface area contributed by atoms with Crippen LogP contribution in [0.15, 0.2) is 54.6 Å². The van der Waals surface area contributed by atoms with Crippen molar-refractivity contribution < 1.29 is 9.59 Å². The van der Waals surface area contributed by atoms with Crippen molar-refractivity contribution in [3.8, 4) is 6.07 Å². The van der Waals surface area contributed by atoms with Crippen LogP contribution >= 0.6 is 0 Å². The number of hydrogen-bond acceptors (Lipinski definition) is 3. The molecule has 28 heavy (non-hydrogen) atoms. The molecule has 0 unspecified atom stereocenters. The van der Waals surface area contributed by atoms with E-state index < -0.39 is 0 Å². The van der Waals surface area contributed by atoms with Crippen LogP contribution in [0.5, 0.6) is 0 Å². The van der Waals surface area contributed by atoms with Crippen molar-refractivity contribution in [2.24, 2.45) is 11.8 Å². The Morgan fingerprint density at radius 1 is 1.00 bits per heavy atom. The van der Waals surface area contributed by atoms with Crippen LogP contribution in [-0.4, -0.2) is 23.8 Å². The normalized spacial score (nSPS) is 18.7. The molecule has 0 radical (unpaired) electrons. The average Bonchev–Trinajstić information content (AvgIpc) is 2.74. The van der Waals surface area contributed by atoms with Gasteiger partial charge in [-0.2, -0.15) is 5.26 Å². The van der Waals surface area contributed by atoms with Gasteiger partial charge in [-0.3, -0.25) is 9.59 Å². The van der Waals surface area contributed by atoms with E-state index in [4.69, 9.17) is 5.26 Å². The molecule has 1 saturated carbocycles. The second kappa shape index (κ2) is 9.18. The fraction of sp³-hybridized carbons (Fsp3) is 0.348. The van der Waals surface area contributed by atoms with Gasteiger partial charge < -0.3 is 10.2 Å². The zero-order chi connectivity index (χ0) is 19.9. The summed E-state index contributed by atoms with van der Waals surface area (Å²) >= 11 is 0. The van der Waals surface area contributed by atoms with Crippen LogP contribution in [-0.2, 0) is 16.1 Å². The molecule has 0 spiro atoms. The van der Waals surface area contributed by atoms with Crippen molar-refractivity contribution in [2.45, 2.75) is 32.2 Å². The molecule has 2 aromatic carbocycles. The van der Waals surface area contributed by atoms with Gasteiger partial charge in [0.2, 0.25) is 11.8 Å². The Kier molecular flexibility index (Phi) is 6.44. The van der Waals surface area contributed by atoms with Gasteiger partial charge >= 0.3 is 0 Å². The van der Waals surface area contributed by atoms with Gasteiger partial charge in [-0.05, 0) is 43.4 Å². The first-order valence-electron chi connectivity index (χ1n) is 9.67. The van der Waals surface area contributed by atoms with Crippen LogP contribution in [0, 0.1) is 23.2 Å². The minimum absolute atomic E-state index is 0.0239. The number of nitrogens with zero attached hydrogens (tertiary/aromatic N) is 2. The first kappa shape index (κ1) is 19.6. The second-order valence-electron chi connectivity index (χ2n) is 7.38. The molecule has 3 rings (SSSR count). The molecule has 5 heteroatoms. The highest BCUT2D eigenvalue weighted by Crippen LogP contribution is 2.31. The lowest BCUT2D eigenvalue weighted by Crippen LogP contribution is -2.36. The summed E-state index contributed by atoms with van der Waals surface area (Å²) in [6, 6.07) is 19.0. The molecule has 5 nitrogen and oxygen atoms in total. The number of benzene rings is 2. The monoisotopic (exact) mass is 375 g/mol. The molecule has 0 aliphatic heterocycles. The summed E-state index contributed by atoms with van der Waals surface area (Å²) in [4.78, 5) is 27.1. The van der Waals surface area contributed by atoms with Crippen molar-refractivity contribution >= 4 is 17.5 Å². The van der Waals surface area contributed by atoms with E-state index in [9.17, 15) is 9.59 Å². The van der Waals surface area contributed by atoms with Gasteiger partial charge in [0, 0.05) is 25.4 Å². The first-order valence-corrected chi connectivity index (χ1v) is 9.67. The van der Waals surface area contributed by atoms with Crippen molar-refractivity contribution in [1.82, 2.24) is 4.90 Å². The lowest BCUT2D eigenvalue weighted by atomic mass is 9.81. The number of carbonyl (C=O) groups excluding carboxylic acids is 2. The molecule has 0 bridgehead atoms. The molecule has 1 fully saturated rings. The van der Waals surface area contributed by atoms with Crippen LogP contribution in [0.2, 0.25) is 0 Å². The maximum absolute atomic E-state index is 12.7. The Balaban J connectivity index is 1.51. The first-order chi connectivity index (χ1) is 13.6.